The Hall–Kier alpha value is -3.42. The Labute approximate surface area is 169 Å². The fourth-order valence-electron chi connectivity index (χ4n) is 2.73. The fourth-order valence-corrected chi connectivity index (χ4v) is 2.73. The molecule has 4 N–H and O–H groups in total. The average molecular weight is 402 g/mol. The van der Waals surface area contributed by atoms with Crippen LogP contribution < -0.4 is 10.6 Å². The Morgan fingerprint density at radius 1 is 0.828 bits per heavy atom. The van der Waals surface area contributed by atoms with E-state index in [1.807, 2.05) is 20.8 Å². The third kappa shape index (κ3) is 7.25. The molecule has 0 aliphatic carbocycles. The van der Waals surface area contributed by atoms with E-state index in [-0.39, 0.29) is 29.9 Å². The second-order valence-corrected chi connectivity index (χ2v) is 7.03. The Morgan fingerprint density at radius 3 is 1.72 bits per heavy atom. The third-order valence-electron chi connectivity index (χ3n) is 4.17. The van der Waals surface area contributed by atoms with Crippen LogP contribution in [0.15, 0.2) is 48.5 Å². The van der Waals surface area contributed by atoms with Crippen molar-refractivity contribution in [3.63, 3.8) is 0 Å². The summed E-state index contributed by atoms with van der Waals surface area (Å²) in [5.41, 5.74) is 0.984. The standard InChI is InChI=1S/C21H26N2O6/c1-13(2)19(29-21(27)23-16-6-10-18(25)11-7-16)14(3)12-28-20(26)22-15-4-8-17(24)9-5-15/h4-11,13-14,19,24-25H,12H2,1-3H3,(H,22,26)(H,23,27). The van der Waals surface area contributed by atoms with Crippen molar-refractivity contribution in [2.75, 3.05) is 17.2 Å². The number of aromatic hydroxyl groups is 2. The minimum atomic E-state index is -0.640. The minimum Gasteiger partial charge on any atom is -0.508 e. The van der Waals surface area contributed by atoms with Gasteiger partial charge in [0, 0.05) is 17.3 Å². The summed E-state index contributed by atoms with van der Waals surface area (Å²) < 4.78 is 10.7. The molecule has 8 nitrogen and oxygen atoms in total. The summed E-state index contributed by atoms with van der Waals surface area (Å²) in [5, 5.41) is 23.7. The lowest BCUT2D eigenvalue weighted by Crippen LogP contribution is -2.35. The van der Waals surface area contributed by atoms with E-state index in [1.165, 1.54) is 24.3 Å². The maximum absolute atomic E-state index is 12.2. The lowest BCUT2D eigenvalue weighted by molar-refractivity contribution is 0.0219. The molecule has 2 amide bonds. The van der Waals surface area contributed by atoms with Gasteiger partial charge in [-0.25, -0.2) is 9.59 Å². The highest BCUT2D eigenvalue weighted by Crippen LogP contribution is 2.20. The summed E-state index contributed by atoms with van der Waals surface area (Å²) >= 11 is 0. The first kappa shape index (κ1) is 21.9. The number of rotatable bonds is 7. The molecule has 2 rings (SSSR count). The number of carbonyl (C=O) groups excluding carboxylic acids is 2. The van der Waals surface area contributed by atoms with Gasteiger partial charge in [-0.05, 0) is 54.4 Å². The molecule has 0 saturated carbocycles. The van der Waals surface area contributed by atoms with Crippen molar-refractivity contribution in [2.45, 2.75) is 26.9 Å². The van der Waals surface area contributed by atoms with Gasteiger partial charge in [0.25, 0.3) is 0 Å². The van der Waals surface area contributed by atoms with E-state index in [9.17, 15) is 19.8 Å². The van der Waals surface area contributed by atoms with Crippen LogP contribution in [-0.2, 0) is 9.47 Å². The number of ether oxygens (including phenoxy) is 2. The highest BCUT2D eigenvalue weighted by Gasteiger charge is 2.26. The molecule has 0 aliphatic rings. The normalized spacial score (nSPS) is 12.7. The van der Waals surface area contributed by atoms with Crippen molar-refractivity contribution in [2.24, 2.45) is 11.8 Å². The van der Waals surface area contributed by atoms with Crippen LogP contribution in [-0.4, -0.2) is 35.1 Å². The fraction of sp³-hybridized carbons (Fsp3) is 0.333. The van der Waals surface area contributed by atoms with E-state index in [1.54, 1.807) is 24.3 Å². The molecule has 0 spiro atoms. The summed E-state index contributed by atoms with van der Waals surface area (Å²) in [6.45, 7) is 5.70. The van der Waals surface area contributed by atoms with E-state index >= 15 is 0 Å². The number of nitrogens with one attached hydrogen (secondary N) is 2. The molecule has 0 saturated heterocycles. The van der Waals surface area contributed by atoms with Crippen molar-refractivity contribution < 1.29 is 29.3 Å². The number of hydrogen-bond acceptors (Lipinski definition) is 6. The molecule has 2 aromatic rings. The molecule has 29 heavy (non-hydrogen) atoms. The second kappa shape index (κ2) is 10.2. The predicted octanol–water partition coefficient (Wildman–Crippen LogP) is 4.56. The molecule has 156 valence electrons. The van der Waals surface area contributed by atoms with Crippen molar-refractivity contribution in [3.8, 4) is 11.5 Å². The van der Waals surface area contributed by atoms with E-state index in [4.69, 9.17) is 9.47 Å². The SMILES string of the molecule is CC(C)C(OC(=O)Nc1ccc(O)cc1)C(C)COC(=O)Nc1ccc(O)cc1. The third-order valence-corrected chi connectivity index (χ3v) is 4.17. The maximum Gasteiger partial charge on any atom is 0.411 e. The largest absolute Gasteiger partial charge is 0.508 e. The van der Waals surface area contributed by atoms with Crippen molar-refractivity contribution >= 4 is 23.6 Å². The lowest BCUT2D eigenvalue weighted by atomic mass is 9.95. The Morgan fingerprint density at radius 2 is 1.28 bits per heavy atom. The summed E-state index contributed by atoms with van der Waals surface area (Å²) in [6, 6.07) is 12.0. The first-order chi connectivity index (χ1) is 13.7. The van der Waals surface area contributed by atoms with Crippen LogP contribution in [0, 0.1) is 11.8 Å². The van der Waals surface area contributed by atoms with Crippen LogP contribution in [0.5, 0.6) is 11.5 Å². The van der Waals surface area contributed by atoms with Gasteiger partial charge in [-0.2, -0.15) is 0 Å². The van der Waals surface area contributed by atoms with Gasteiger partial charge in [0.2, 0.25) is 0 Å². The molecule has 0 bridgehead atoms. The molecule has 0 aromatic heterocycles. The molecule has 2 unspecified atom stereocenters. The highest BCUT2D eigenvalue weighted by molar-refractivity contribution is 5.85. The summed E-state index contributed by atoms with van der Waals surface area (Å²) in [5.74, 6) is -0.0502. The lowest BCUT2D eigenvalue weighted by Gasteiger charge is -2.27. The first-order valence-corrected chi connectivity index (χ1v) is 9.24. The molecule has 0 heterocycles. The van der Waals surface area contributed by atoms with Gasteiger partial charge in [0.05, 0.1) is 6.61 Å². The number of hydrogen-bond donors (Lipinski definition) is 4. The van der Waals surface area contributed by atoms with Gasteiger partial charge < -0.3 is 19.7 Å². The number of phenols is 2. The quantitative estimate of drug-likeness (QED) is 0.505. The molecule has 8 heteroatoms. The minimum absolute atomic E-state index is 0.000623. The van der Waals surface area contributed by atoms with Crippen LogP contribution in [0.3, 0.4) is 0 Å². The smallest absolute Gasteiger partial charge is 0.411 e. The average Bonchev–Trinajstić information content (AvgIpc) is 2.67. The maximum atomic E-state index is 12.2. The second-order valence-electron chi connectivity index (χ2n) is 7.03. The van der Waals surface area contributed by atoms with Gasteiger partial charge in [-0.1, -0.05) is 20.8 Å². The number of carbonyl (C=O) groups is 2. The molecule has 2 atom stereocenters. The summed E-state index contributed by atoms with van der Waals surface area (Å²) in [6.07, 6.45) is -1.75. The topological polar surface area (TPSA) is 117 Å². The van der Waals surface area contributed by atoms with Crippen molar-refractivity contribution in [3.05, 3.63) is 48.5 Å². The highest BCUT2D eigenvalue weighted by atomic mass is 16.6. The van der Waals surface area contributed by atoms with Gasteiger partial charge in [0.15, 0.2) is 0 Å². The van der Waals surface area contributed by atoms with Crippen LogP contribution in [0.4, 0.5) is 21.0 Å². The van der Waals surface area contributed by atoms with Gasteiger partial charge in [-0.3, -0.25) is 10.6 Å². The number of anilines is 2. The van der Waals surface area contributed by atoms with Gasteiger partial charge >= 0.3 is 12.2 Å². The van der Waals surface area contributed by atoms with Crippen LogP contribution >= 0.6 is 0 Å². The van der Waals surface area contributed by atoms with Crippen LogP contribution in [0.25, 0.3) is 0 Å². The molecular formula is C21H26N2O6. The Balaban J connectivity index is 1.85. The van der Waals surface area contributed by atoms with E-state index in [0.29, 0.717) is 11.4 Å². The number of phenolic OH excluding ortho intramolecular Hbond substituents is 2. The van der Waals surface area contributed by atoms with Gasteiger partial charge in [0.1, 0.15) is 17.6 Å². The molecule has 0 fully saturated rings. The van der Waals surface area contributed by atoms with Gasteiger partial charge in [-0.15, -0.1) is 0 Å². The number of benzene rings is 2. The molecule has 2 aromatic carbocycles. The van der Waals surface area contributed by atoms with E-state index in [2.05, 4.69) is 10.6 Å². The molecule has 0 radical (unpaired) electrons. The molecule has 0 aliphatic heterocycles. The first-order valence-electron chi connectivity index (χ1n) is 9.24. The zero-order chi connectivity index (χ0) is 21.4. The van der Waals surface area contributed by atoms with Crippen molar-refractivity contribution in [1.29, 1.82) is 0 Å². The predicted molar refractivity (Wildman–Crippen MR) is 109 cm³/mol. The zero-order valence-corrected chi connectivity index (χ0v) is 16.6. The van der Waals surface area contributed by atoms with Crippen LogP contribution in [0.2, 0.25) is 0 Å². The summed E-state index contributed by atoms with van der Waals surface area (Å²) in [4.78, 5) is 24.1. The monoisotopic (exact) mass is 402 g/mol. The summed E-state index contributed by atoms with van der Waals surface area (Å²) in [7, 11) is 0. The Kier molecular flexibility index (Phi) is 7.70. The Bertz CT molecular complexity index is 805. The molecular weight excluding hydrogens is 376 g/mol. The zero-order valence-electron chi connectivity index (χ0n) is 16.6. The van der Waals surface area contributed by atoms with E-state index in [0.717, 1.165) is 0 Å². The van der Waals surface area contributed by atoms with Crippen LogP contribution in [0.1, 0.15) is 20.8 Å². The number of amides is 2. The van der Waals surface area contributed by atoms with Crippen molar-refractivity contribution in [1.82, 2.24) is 0 Å². The van der Waals surface area contributed by atoms with E-state index < -0.39 is 18.3 Å².